The van der Waals surface area contributed by atoms with Crippen LogP contribution >= 0.6 is 0 Å². The molecule has 1 N–H and O–H groups in total. The largest absolute Gasteiger partial charge is 0.324 e. The molecular formula is C18H14N4O4S. The summed E-state index contributed by atoms with van der Waals surface area (Å²) in [5.41, 5.74) is 0.257. The second kappa shape index (κ2) is 7.75. The summed E-state index contributed by atoms with van der Waals surface area (Å²) in [6, 6.07) is 18.3. The van der Waals surface area contributed by atoms with Gasteiger partial charge in [-0.25, -0.2) is 4.98 Å². The van der Waals surface area contributed by atoms with Crippen molar-refractivity contribution >= 4 is 27.4 Å². The quantitative estimate of drug-likeness (QED) is 0.313. The number of aromatic nitrogens is 1. The first kappa shape index (κ1) is 18.2. The van der Waals surface area contributed by atoms with Crippen LogP contribution in [0.4, 0.5) is 11.5 Å². The Kier molecular flexibility index (Phi) is 5.23. The molecule has 0 aliphatic rings. The van der Waals surface area contributed by atoms with E-state index in [2.05, 4.69) is 14.7 Å². The van der Waals surface area contributed by atoms with Crippen LogP contribution in [0, 0.1) is 10.1 Å². The lowest BCUT2D eigenvalue weighted by Crippen LogP contribution is -2.17. The highest BCUT2D eigenvalue weighted by Gasteiger charge is 2.16. The van der Waals surface area contributed by atoms with Crippen LogP contribution in [0.15, 0.2) is 88.3 Å². The second-order valence-electron chi connectivity index (χ2n) is 5.37. The van der Waals surface area contributed by atoms with Crippen molar-refractivity contribution in [2.45, 2.75) is 4.90 Å². The van der Waals surface area contributed by atoms with E-state index < -0.39 is 14.9 Å². The lowest BCUT2D eigenvalue weighted by atomic mass is 10.2. The number of pyridine rings is 1. The molecule has 0 radical (unpaired) electrons. The van der Waals surface area contributed by atoms with Crippen molar-refractivity contribution < 1.29 is 13.3 Å². The van der Waals surface area contributed by atoms with Crippen LogP contribution in [0.1, 0.15) is 5.56 Å². The van der Waals surface area contributed by atoms with E-state index in [0.717, 1.165) is 0 Å². The van der Waals surface area contributed by atoms with Crippen LogP contribution in [0.25, 0.3) is 0 Å². The Morgan fingerprint density at radius 2 is 1.63 bits per heavy atom. The van der Waals surface area contributed by atoms with Gasteiger partial charge in [-0.05, 0) is 36.4 Å². The molecule has 0 amide bonds. The fourth-order valence-electron chi connectivity index (χ4n) is 2.21. The maximum absolute atomic E-state index is 12.6. The number of non-ortho nitro benzene ring substituents is 1. The molecule has 2 aromatic carbocycles. The zero-order chi connectivity index (χ0) is 19.3. The van der Waals surface area contributed by atoms with E-state index in [-0.39, 0.29) is 16.4 Å². The molecule has 3 rings (SSSR count). The van der Waals surface area contributed by atoms with Crippen molar-refractivity contribution in [1.82, 2.24) is 4.98 Å². The molecule has 1 aromatic heterocycles. The highest BCUT2D eigenvalue weighted by Crippen LogP contribution is 2.17. The van der Waals surface area contributed by atoms with Crippen LogP contribution in [0.5, 0.6) is 0 Å². The maximum atomic E-state index is 12.6. The van der Waals surface area contributed by atoms with Gasteiger partial charge < -0.3 is 5.32 Å². The summed E-state index contributed by atoms with van der Waals surface area (Å²) in [6.45, 7) is 0. The molecule has 0 unspecified atom stereocenters. The van der Waals surface area contributed by atoms with Crippen molar-refractivity contribution in [2.24, 2.45) is 4.40 Å². The van der Waals surface area contributed by atoms with Crippen molar-refractivity contribution in [2.75, 3.05) is 5.32 Å². The molecule has 136 valence electrons. The van der Waals surface area contributed by atoms with E-state index in [1.165, 1.54) is 36.4 Å². The lowest BCUT2D eigenvalue weighted by molar-refractivity contribution is -0.384. The van der Waals surface area contributed by atoms with Gasteiger partial charge in [-0.2, -0.15) is 8.42 Å². The Balaban J connectivity index is 2.05. The van der Waals surface area contributed by atoms with E-state index in [1.807, 2.05) is 0 Å². The molecule has 0 atom stereocenters. The first-order valence-corrected chi connectivity index (χ1v) is 9.22. The second-order valence-corrected chi connectivity index (χ2v) is 6.98. The number of benzene rings is 2. The molecule has 0 aliphatic carbocycles. The van der Waals surface area contributed by atoms with Crippen LogP contribution in [0.3, 0.4) is 0 Å². The number of anilines is 1. The third kappa shape index (κ3) is 4.53. The molecule has 3 aromatic rings. The zero-order valence-corrected chi connectivity index (χ0v) is 14.7. The number of amidine groups is 1. The first-order chi connectivity index (χ1) is 13.0. The van der Waals surface area contributed by atoms with E-state index in [4.69, 9.17) is 0 Å². The van der Waals surface area contributed by atoms with Gasteiger partial charge in [0.1, 0.15) is 5.82 Å². The Morgan fingerprint density at radius 1 is 0.963 bits per heavy atom. The number of nitro groups is 1. The third-order valence-electron chi connectivity index (χ3n) is 3.52. The average molecular weight is 382 g/mol. The molecule has 9 heteroatoms. The zero-order valence-electron chi connectivity index (χ0n) is 13.9. The van der Waals surface area contributed by atoms with Crippen molar-refractivity contribution in [3.8, 4) is 0 Å². The van der Waals surface area contributed by atoms with Crippen LogP contribution in [-0.2, 0) is 10.0 Å². The Morgan fingerprint density at radius 3 is 2.22 bits per heavy atom. The Bertz CT molecular complexity index is 1070. The molecule has 1 heterocycles. The maximum Gasteiger partial charge on any atom is 0.284 e. The number of rotatable bonds is 5. The summed E-state index contributed by atoms with van der Waals surface area (Å²) in [6.07, 6.45) is 1.54. The highest BCUT2D eigenvalue weighted by atomic mass is 32.2. The summed E-state index contributed by atoms with van der Waals surface area (Å²) in [5, 5.41) is 13.7. The number of nitrogens with one attached hydrogen (secondary N) is 1. The Hall–Kier alpha value is -3.59. The number of nitro benzene ring substituents is 1. The molecule has 0 saturated carbocycles. The molecular weight excluding hydrogens is 368 g/mol. The smallest absolute Gasteiger partial charge is 0.284 e. The van der Waals surface area contributed by atoms with Crippen molar-refractivity contribution in [1.29, 1.82) is 0 Å². The molecule has 0 bridgehead atoms. The number of hydrogen-bond acceptors (Lipinski definition) is 5. The van der Waals surface area contributed by atoms with E-state index in [1.54, 1.807) is 42.6 Å². The summed E-state index contributed by atoms with van der Waals surface area (Å²) in [4.78, 5) is 14.4. The fraction of sp³-hybridized carbons (Fsp3) is 0. The minimum atomic E-state index is -3.99. The summed E-state index contributed by atoms with van der Waals surface area (Å²) < 4.78 is 29.1. The van der Waals surface area contributed by atoms with Gasteiger partial charge in [-0.1, -0.05) is 24.3 Å². The fourth-order valence-corrected chi connectivity index (χ4v) is 3.21. The van der Waals surface area contributed by atoms with Crippen LogP contribution in [0.2, 0.25) is 0 Å². The van der Waals surface area contributed by atoms with E-state index in [0.29, 0.717) is 11.4 Å². The summed E-state index contributed by atoms with van der Waals surface area (Å²) >= 11 is 0. The monoisotopic (exact) mass is 382 g/mol. The van der Waals surface area contributed by atoms with Crippen molar-refractivity contribution in [3.63, 3.8) is 0 Å². The third-order valence-corrected chi connectivity index (χ3v) is 4.81. The number of nitrogens with zero attached hydrogens (tertiary/aromatic N) is 3. The molecule has 0 fully saturated rings. The predicted molar refractivity (Wildman–Crippen MR) is 101 cm³/mol. The SMILES string of the molecule is O=[N+]([O-])c1ccc(/C(=N/S(=O)(=O)c2ccccc2)Nc2ccccn2)cc1. The van der Waals surface area contributed by atoms with Crippen LogP contribution < -0.4 is 5.32 Å². The van der Waals surface area contributed by atoms with Gasteiger partial charge in [0, 0.05) is 23.9 Å². The summed E-state index contributed by atoms with van der Waals surface area (Å²) in [5.74, 6) is 0.394. The van der Waals surface area contributed by atoms with Gasteiger partial charge in [-0.15, -0.1) is 4.40 Å². The van der Waals surface area contributed by atoms with Gasteiger partial charge in [0.05, 0.1) is 9.82 Å². The predicted octanol–water partition coefficient (Wildman–Crippen LogP) is 3.24. The van der Waals surface area contributed by atoms with Gasteiger partial charge in [0.15, 0.2) is 5.84 Å². The minimum Gasteiger partial charge on any atom is -0.324 e. The molecule has 27 heavy (non-hydrogen) atoms. The van der Waals surface area contributed by atoms with E-state index >= 15 is 0 Å². The number of hydrogen-bond donors (Lipinski definition) is 1. The lowest BCUT2D eigenvalue weighted by Gasteiger charge is -2.10. The van der Waals surface area contributed by atoms with Gasteiger partial charge in [-0.3, -0.25) is 10.1 Å². The van der Waals surface area contributed by atoms with Gasteiger partial charge >= 0.3 is 0 Å². The van der Waals surface area contributed by atoms with Crippen LogP contribution in [-0.4, -0.2) is 24.2 Å². The average Bonchev–Trinajstić information content (AvgIpc) is 2.69. The molecule has 0 aliphatic heterocycles. The standard InChI is InChI=1S/C18H14N4O4S/c23-22(24)15-11-9-14(10-12-15)18(20-17-8-4-5-13-19-17)21-27(25,26)16-6-2-1-3-7-16/h1-13H,(H,19,20,21). The van der Waals surface area contributed by atoms with Gasteiger partial charge in [0.2, 0.25) is 0 Å². The molecule has 0 spiro atoms. The first-order valence-electron chi connectivity index (χ1n) is 7.78. The Labute approximate surface area is 155 Å². The topological polar surface area (TPSA) is 115 Å². The number of sulfonamides is 1. The van der Waals surface area contributed by atoms with Gasteiger partial charge in [0.25, 0.3) is 15.7 Å². The summed E-state index contributed by atoms with van der Waals surface area (Å²) in [7, 11) is -3.99. The van der Waals surface area contributed by atoms with E-state index in [9.17, 15) is 18.5 Å². The molecule has 0 saturated heterocycles. The van der Waals surface area contributed by atoms with Crippen molar-refractivity contribution in [3.05, 3.63) is 94.7 Å². The normalized spacial score (nSPS) is 11.8. The molecule has 8 nitrogen and oxygen atoms in total. The minimum absolute atomic E-state index is 0.00690. The highest BCUT2D eigenvalue weighted by molar-refractivity contribution is 7.90.